The van der Waals surface area contributed by atoms with E-state index in [1.165, 1.54) is 5.56 Å². The zero-order chi connectivity index (χ0) is 16.4. The summed E-state index contributed by atoms with van der Waals surface area (Å²) in [6.45, 7) is 5.46. The smallest absolute Gasteiger partial charge is 0.316 e. The van der Waals surface area contributed by atoms with Gasteiger partial charge in [-0.1, -0.05) is 35.5 Å². The van der Waals surface area contributed by atoms with Crippen molar-refractivity contribution in [3.8, 4) is 5.75 Å². The van der Waals surface area contributed by atoms with E-state index in [4.69, 9.17) is 9.26 Å². The van der Waals surface area contributed by atoms with Crippen LogP contribution in [-0.2, 0) is 11.2 Å². The minimum Gasteiger partial charge on any atom is -0.426 e. The van der Waals surface area contributed by atoms with E-state index in [9.17, 15) is 4.79 Å². The summed E-state index contributed by atoms with van der Waals surface area (Å²) >= 11 is 0. The van der Waals surface area contributed by atoms with Gasteiger partial charge in [-0.25, -0.2) is 0 Å². The van der Waals surface area contributed by atoms with Crippen molar-refractivity contribution in [3.63, 3.8) is 0 Å². The molecule has 1 heterocycles. The maximum Gasteiger partial charge on any atom is 0.316 e. The summed E-state index contributed by atoms with van der Waals surface area (Å²) in [5.41, 5.74) is 2.12. The van der Waals surface area contributed by atoms with Gasteiger partial charge in [-0.05, 0) is 38.5 Å². The monoisotopic (exact) mass is 309 g/mol. The third kappa shape index (κ3) is 3.42. The molecule has 3 rings (SSSR count). The summed E-state index contributed by atoms with van der Waals surface area (Å²) in [5.74, 6) is 0.195. The van der Waals surface area contributed by atoms with Crippen LogP contribution in [0.1, 0.15) is 32.0 Å². The maximum atomic E-state index is 11.9. The Kier molecular flexibility index (Phi) is 3.90. The first-order chi connectivity index (χ1) is 10.9. The van der Waals surface area contributed by atoms with Crippen molar-refractivity contribution in [1.82, 2.24) is 5.16 Å². The molecule has 0 radical (unpaired) electrons. The van der Waals surface area contributed by atoms with Crippen LogP contribution in [0.2, 0.25) is 0 Å². The second kappa shape index (κ2) is 5.88. The quantitative estimate of drug-likeness (QED) is 0.532. The zero-order valence-electron chi connectivity index (χ0n) is 13.5. The molecule has 2 aromatic carbocycles. The molecule has 0 N–H and O–H groups in total. The molecule has 0 unspecified atom stereocenters. The van der Waals surface area contributed by atoms with Crippen molar-refractivity contribution < 1.29 is 14.1 Å². The minimum atomic E-state index is -0.547. The molecule has 4 nitrogen and oxygen atoms in total. The molecule has 0 aliphatic carbocycles. The third-order valence-electron chi connectivity index (χ3n) is 3.56. The summed E-state index contributed by atoms with van der Waals surface area (Å²) in [6.07, 6.45) is 0.703. The van der Waals surface area contributed by atoms with Gasteiger partial charge in [0.2, 0.25) is 0 Å². The molecule has 0 amide bonds. The number of benzene rings is 2. The largest absolute Gasteiger partial charge is 0.426 e. The molecule has 0 spiro atoms. The molecule has 118 valence electrons. The van der Waals surface area contributed by atoms with Gasteiger partial charge in [0, 0.05) is 17.9 Å². The van der Waals surface area contributed by atoms with E-state index >= 15 is 0 Å². The molecule has 0 atom stereocenters. The number of hydrogen-bond donors (Lipinski definition) is 0. The van der Waals surface area contributed by atoms with Gasteiger partial charge in [0.05, 0.1) is 11.1 Å². The summed E-state index contributed by atoms with van der Waals surface area (Å²) in [5, 5.41) is 5.08. The van der Waals surface area contributed by atoms with Crippen molar-refractivity contribution in [2.24, 2.45) is 5.41 Å². The van der Waals surface area contributed by atoms with Crippen LogP contribution in [0.15, 0.2) is 53.1 Å². The number of aromatic nitrogens is 1. The SMILES string of the molecule is CC(C)(C)C(=O)Oc1ccc2c(Cc3ccccc3)noc2c1. The average Bonchev–Trinajstić information content (AvgIpc) is 2.90. The van der Waals surface area contributed by atoms with Crippen LogP contribution >= 0.6 is 0 Å². The van der Waals surface area contributed by atoms with Crippen LogP contribution in [-0.4, -0.2) is 11.1 Å². The fourth-order valence-electron chi connectivity index (χ4n) is 2.21. The molecule has 0 fully saturated rings. The molecule has 4 heteroatoms. The Bertz CT molecular complexity index is 829. The van der Waals surface area contributed by atoms with Gasteiger partial charge in [-0.15, -0.1) is 0 Å². The number of nitrogens with zero attached hydrogens (tertiary/aromatic N) is 1. The van der Waals surface area contributed by atoms with Crippen LogP contribution in [0.5, 0.6) is 5.75 Å². The van der Waals surface area contributed by atoms with Crippen molar-refractivity contribution in [3.05, 3.63) is 59.8 Å². The zero-order valence-corrected chi connectivity index (χ0v) is 13.5. The highest BCUT2D eigenvalue weighted by Crippen LogP contribution is 2.27. The number of hydrogen-bond acceptors (Lipinski definition) is 4. The van der Waals surface area contributed by atoms with Crippen LogP contribution < -0.4 is 4.74 Å². The van der Waals surface area contributed by atoms with Crippen LogP contribution in [0.3, 0.4) is 0 Å². The van der Waals surface area contributed by atoms with Crippen molar-refractivity contribution >= 4 is 16.9 Å². The third-order valence-corrected chi connectivity index (χ3v) is 3.56. The minimum absolute atomic E-state index is 0.277. The Labute approximate surface area is 135 Å². The first-order valence-corrected chi connectivity index (χ1v) is 7.58. The highest BCUT2D eigenvalue weighted by Gasteiger charge is 2.24. The van der Waals surface area contributed by atoms with E-state index in [1.54, 1.807) is 12.1 Å². The second-order valence-electron chi connectivity index (χ2n) is 6.59. The maximum absolute atomic E-state index is 11.9. The molecule has 0 saturated heterocycles. The Balaban J connectivity index is 1.84. The molecule has 0 bridgehead atoms. The highest BCUT2D eigenvalue weighted by atomic mass is 16.5. The molecule has 0 aliphatic rings. The van der Waals surface area contributed by atoms with Crippen molar-refractivity contribution in [2.45, 2.75) is 27.2 Å². The normalized spacial score (nSPS) is 11.6. The van der Waals surface area contributed by atoms with Crippen molar-refractivity contribution in [2.75, 3.05) is 0 Å². The number of rotatable bonds is 3. The van der Waals surface area contributed by atoms with Gasteiger partial charge in [0.15, 0.2) is 5.58 Å². The lowest BCUT2D eigenvalue weighted by Crippen LogP contribution is -2.25. The Hall–Kier alpha value is -2.62. The van der Waals surface area contributed by atoms with E-state index in [0.717, 1.165) is 11.1 Å². The Morgan fingerprint density at radius 2 is 1.87 bits per heavy atom. The number of carbonyl (C=O) groups excluding carboxylic acids is 1. The summed E-state index contributed by atoms with van der Waals surface area (Å²) in [6, 6.07) is 15.5. The van der Waals surface area contributed by atoms with Crippen LogP contribution in [0.25, 0.3) is 11.0 Å². The van der Waals surface area contributed by atoms with Crippen LogP contribution in [0, 0.1) is 5.41 Å². The van der Waals surface area contributed by atoms with Crippen molar-refractivity contribution in [1.29, 1.82) is 0 Å². The van der Waals surface area contributed by atoms with E-state index in [1.807, 2.05) is 45.0 Å². The van der Waals surface area contributed by atoms with E-state index < -0.39 is 5.41 Å². The fourth-order valence-corrected chi connectivity index (χ4v) is 2.21. The lowest BCUT2D eigenvalue weighted by atomic mass is 9.97. The number of carbonyl (C=O) groups is 1. The molecule has 0 saturated carbocycles. The average molecular weight is 309 g/mol. The van der Waals surface area contributed by atoms with E-state index in [-0.39, 0.29) is 5.97 Å². The van der Waals surface area contributed by atoms with Gasteiger partial charge in [0.1, 0.15) is 5.75 Å². The fraction of sp³-hybridized carbons (Fsp3) is 0.263. The van der Waals surface area contributed by atoms with Crippen LogP contribution in [0.4, 0.5) is 0 Å². The summed E-state index contributed by atoms with van der Waals surface area (Å²) in [7, 11) is 0. The summed E-state index contributed by atoms with van der Waals surface area (Å²) in [4.78, 5) is 11.9. The standard InChI is InChI=1S/C19H19NO3/c1-19(2,3)18(21)22-14-9-10-15-16(20-23-17(15)12-14)11-13-7-5-4-6-8-13/h4-10,12H,11H2,1-3H3. The Morgan fingerprint density at radius 1 is 1.13 bits per heavy atom. The molecule has 23 heavy (non-hydrogen) atoms. The molecular weight excluding hydrogens is 290 g/mol. The molecule has 1 aromatic heterocycles. The number of ether oxygens (including phenoxy) is 1. The first-order valence-electron chi connectivity index (χ1n) is 7.58. The van der Waals surface area contributed by atoms with Gasteiger partial charge >= 0.3 is 5.97 Å². The van der Waals surface area contributed by atoms with Gasteiger partial charge in [-0.2, -0.15) is 0 Å². The number of fused-ring (bicyclic) bond motifs is 1. The summed E-state index contributed by atoms with van der Waals surface area (Å²) < 4.78 is 10.8. The van der Waals surface area contributed by atoms with Gasteiger partial charge in [-0.3, -0.25) is 4.79 Å². The van der Waals surface area contributed by atoms with E-state index in [2.05, 4.69) is 17.3 Å². The first kappa shape index (κ1) is 15.3. The number of esters is 1. The molecular formula is C19H19NO3. The molecule has 3 aromatic rings. The topological polar surface area (TPSA) is 52.3 Å². The lowest BCUT2D eigenvalue weighted by Gasteiger charge is -2.16. The Morgan fingerprint density at radius 3 is 2.57 bits per heavy atom. The highest BCUT2D eigenvalue weighted by molar-refractivity contribution is 5.83. The van der Waals surface area contributed by atoms with E-state index in [0.29, 0.717) is 17.8 Å². The predicted molar refractivity (Wildman–Crippen MR) is 88.3 cm³/mol. The van der Waals surface area contributed by atoms with Gasteiger partial charge in [0.25, 0.3) is 0 Å². The lowest BCUT2D eigenvalue weighted by molar-refractivity contribution is -0.142. The predicted octanol–water partition coefficient (Wildman–Crippen LogP) is 4.37. The van der Waals surface area contributed by atoms with Gasteiger partial charge < -0.3 is 9.26 Å². The second-order valence-corrected chi connectivity index (χ2v) is 6.59. The molecule has 0 aliphatic heterocycles.